The van der Waals surface area contributed by atoms with E-state index in [2.05, 4.69) is 0 Å². The minimum absolute atomic E-state index is 0.0543. The molecule has 0 aliphatic carbocycles. The molecule has 0 aliphatic rings. The molecule has 0 bridgehead atoms. The van der Waals surface area contributed by atoms with Gasteiger partial charge in [0.05, 0.1) is 17.9 Å². The first-order valence-corrected chi connectivity index (χ1v) is 5.90. The monoisotopic (exact) mass is 266 g/mol. The van der Waals surface area contributed by atoms with Gasteiger partial charge in [0.2, 0.25) is 0 Å². The highest BCUT2D eigenvalue weighted by atomic mass is 16.5. The SMILES string of the molecule is CCOC(=O)C(C)N(C)c1ccc(N)cc1C(=O)O. The Morgan fingerprint density at radius 3 is 2.63 bits per heavy atom. The number of aromatic carboxylic acids is 1. The fourth-order valence-corrected chi connectivity index (χ4v) is 1.66. The first-order chi connectivity index (χ1) is 8.88. The largest absolute Gasteiger partial charge is 0.478 e. The first kappa shape index (κ1) is 14.8. The summed E-state index contributed by atoms with van der Waals surface area (Å²) in [5.41, 5.74) is 6.41. The number of nitrogen functional groups attached to an aromatic ring is 1. The van der Waals surface area contributed by atoms with Crippen LogP contribution in [0.2, 0.25) is 0 Å². The first-order valence-electron chi connectivity index (χ1n) is 5.90. The zero-order valence-electron chi connectivity index (χ0n) is 11.2. The molecule has 0 fully saturated rings. The number of benzene rings is 1. The van der Waals surface area contributed by atoms with Gasteiger partial charge in [-0.15, -0.1) is 0 Å². The molecule has 1 unspecified atom stereocenters. The third-order valence-electron chi connectivity index (χ3n) is 2.84. The quantitative estimate of drug-likeness (QED) is 0.617. The van der Waals surface area contributed by atoms with Gasteiger partial charge in [-0.25, -0.2) is 9.59 Å². The Labute approximate surface area is 111 Å². The van der Waals surface area contributed by atoms with Gasteiger partial charge < -0.3 is 20.5 Å². The number of rotatable bonds is 5. The lowest BCUT2D eigenvalue weighted by atomic mass is 10.1. The second-order valence-electron chi connectivity index (χ2n) is 4.12. The summed E-state index contributed by atoms with van der Waals surface area (Å²) in [4.78, 5) is 24.4. The van der Waals surface area contributed by atoms with Gasteiger partial charge in [0.15, 0.2) is 0 Å². The van der Waals surface area contributed by atoms with Crippen LogP contribution in [-0.2, 0) is 9.53 Å². The van der Waals surface area contributed by atoms with Crippen LogP contribution in [-0.4, -0.2) is 36.7 Å². The third-order valence-corrected chi connectivity index (χ3v) is 2.84. The van der Waals surface area contributed by atoms with Gasteiger partial charge in [0.1, 0.15) is 6.04 Å². The van der Waals surface area contributed by atoms with Gasteiger partial charge in [-0.05, 0) is 32.0 Å². The van der Waals surface area contributed by atoms with Crippen molar-refractivity contribution in [2.24, 2.45) is 0 Å². The number of ether oxygens (including phenoxy) is 1. The van der Waals surface area contributed by atoms with Gasteiger partial charge in [-0.2, -0.15) is 0 Å². The molecule has 6 nitrogen and oxygen atoms in total. The Hall–Kier alpha value is -2.24. The Bertz CT molecular complexity index is 488. The van der Waals surface area contributed by atoms with E-state index in [9.17, 15) is 9.59 Å². The molecule has 1 atom stereocenters. The molecule has 0 aromatic heterocycles. The average Bonchev–Trinajstić information content (AvgIpc) is 2.37. The molecule has 1 aromatic rings. The summed E-state index contributed by atoms with van der Waals surface area (Å²) >= 11 is 0. The van der Waals surface area contributed by atoms with Crippen LogP contribution < -0.4 is 10.6 Å². The van der Waals surface area contributed by atoms with E-state index in [0.717, 1.165) is 0 Å². The van der Waals surface area contributed by atoms with Crippen molar-refractivity contribution in [1.29, 1.82) is 0 Å². The highest BCUT2D eigenvalue weighted by Gasteiger charge is 2.23. The lowest BCUT2D eigenvalue weighted by Gasteiger charge is -2.26. The van der Waals surface area contributed by atoms with Crippen LogP contribution in [0.1, 0.15) is 24.2 Å². The molecule has 0 aliphatic heterocycles. The maximum atomic E-state index is 11.7. The number of nitrogens with zero attached hydrogens (tertiary/aromatic N) is 1. The molecule has 3 N–H and O–H groups in total. The maximum Gasteiger partial charge on any atom is 0.337 e. The molecule has 1 rings (SSSR count). The highest BCUT2D eigenvalue weighted by Crippen LogP contribution is 2.24. The minimum Gasteiger partial charge on any atom is -0.478 e. The van der Waals surface area contributed by atoms with Gasteiger partial charge in [-0.3, -0.25) is 0 Å². The van der Waals surface area contributed by atoms with E-state index in [-0.39, 0.29) is 12.2 Å². The predicted octanol–water partition coefficient (Wildman–Crippen LogP) is 1.35. The van der Waals surface area contributed by atoms with Crippen LogP contribution in [0.5, 0.6) is 0 Å². The fraction of sp³-hybridized carbons (Fsp3) is 0.385. The van der Waals surface area contributed by atoms with Crippen molar-refractivity contribution in [3.8, 4) is 0 Å². The summed E-state index contributed by atoms with van der Waals surface area (Å²) in [7, 11) is 1.64. The lowest BCUT2D eigenvalue weighted by molar-refractivity contribution is -0.144. The summed E-state index contributed by atoms with van der Waals surface area (Å²) in [6.07, 6.45) is 0. The minimum atomic E-state index is -1.09. The molecule has 0 radical (unpaired) electrons. The zero-order chi connectivity index (χ0) is 14.6. The predicted molar refractivity (Wildman–Crippen MR) is 72.3 cm³/mol. The molecule has 0 saturated heterocycles. The summed E-state index contributed by atoms with van der Waals surface area (Å²) in [5.74, 6) is -1.50. The van der Waals surface area contributed by atoms with Crippen LogP contribution >= 0.6 is 0 Å². The number of carboxylic acid groups (broad SMARTS) is 1. The van der Waals surface area contributed by atoms with Gasteiger partial charge in [0.25, 0.3) is 0 Å². The fourth-order valence-electron chi connectivity index (χ4n) is 1.66. The molecule has 0 heterocycles. The van der Waals surface area contributed by atoms with Crippen molar-refractivity contribution >= 4 is 23.3 Å². The molecule has 0 amide bonds. The van der Waals surface area contributed by atoms with Gasteiger partial charge in [-0.1, -0.05) is 0 Å². The Balaban J connectivity index is 3.08. The van der Waals surface area contributed by atoms with Crippen molar-refractivity contribution in [2.75, 3.05) is 24.3 Å². The van der Waals surface area contributed by atoms with E-state index in [0.29, 0.717) is 11.4 Å². The van der Waals surface area contributed by atoms with Crippen molar-refractivity contribution in [2.45, 2.75) is 19.9 Å². The molecule has 104 valence electrons. The highest BCUT2D eigenvalue weighted by molar-refractivity contribution is 5.96. The zero-order valence-corrected chi connectivity index (χ0v) is 11.2. The smallest absolute Gasteiger partial charge is 0.337 e. The van der Waals surface area contributed by atoms with Crippen molar-refractivity contribution < 1.29 is 19.4 Å². The summed E-state index contributed by atoms with van der Waals surface area (Å²) in [5, 5.41) is 9.16. The van der Waals surface area contributed by atoms with Crippen molar-refractivity contribution in [3.05, 3.63) is 23.8 Å². The maximum absolute atomic E-state index is 11.7. The second kappa shape index (κ2) is 6.08. The molecule has 0 spiro atoms. The number of likely N-dealkylation sites (N-methyl/N-ethyl adjacent to an activating group) is 1. The van der Waals surface area contributed by atoms with E-state index in [4.69, 9.17) is 15.6 Å². The van der Waals surface area contributed by atoms with E-state index < -0.39 is 18.0 Å². The molecular weight excluding hydrogens is 248 g/mol. The van der Waals surface area contributed by atoms with E-state index in [1.165, 1.54) is 6.07 Å². The third kappa shape index (κ3) is 3.37. The van der Waals surface area contributed by atoms with Crippen LogP contribution in [0.3, 0.4) is 0 Å². The molecule has 1 aromatic carbocycles. The summed E-state index contributed by atoms with van der Waals surface area (Å²) in [6, 6.07) is 3.96. The Morgan fingerprint density at radius 2 is 2.11 bits per heavy atom. The number of hydrogen-bond acceptors (Lipinski definition) is 5. The second-order valence-corrected chi connectivity index (χ2v) is 4.12. The van der Waals surface area contributed by atoms with E-state index in [1.807, 2.05) is 0 Å². The molecule has 0 saturated carbocycles. The van der Waals surface area contributed by atoms with Gasteiger partial charge in [0, 0.05) is 12.7 Å². The van der Waals surface area contributed by atoms with Crippen LogP contribution in [0, 0.1) is 0 Å². The Morgan fingerprint density at radius 1 is 1.47 bits per heavy atom. The van der Waals surface area contributed by atoms with Crippen LogP contribution in [0.4, 0.5) is 11.4 Å². The van der Waals surface area contributed by atoms with Crippen LogP contribution in [0.15, 0.2) is 18.2 Å². The normalized spacial score (nSPS) is 11.7. The average molecular weight is 266 g/mol. The lowest BCUT2D eigenvalue weighted by Crippen LogP contribution is -2.38. The Kier molecular flexibility index (Phi) is 4.74. The van der Waals surface area contributed by atoms with E-state index >= 15 is 0 Å². The number of carbonyl (C=O) groups is 2. The van der Waals surface area contributed by atoms with E-state index in [1.54, 1.807) is 37.9 Å². The molecular formula is C13H18N2O4. The number of carbonyl (C=O) groups excluding carboxylic acids is 1. The van der Waals surface area contributed by atoms with Crippen molar-refractivity contribution in [3.63, 3.8) is 0 Å². The number of anilines is 2. The number of nitrogens with two attached hydrogens (primary N) is 1. The summed E-state index contributed by atoms with van der Waals surface area (Å²) in [6.45, 7) is 3.65. The van der Waals surface area contributed by atoms with Crippen molar-refractivity contribution in [1.82, 2.24) is 0 Å². The molecule has 19 heavy (non-hydrogen) atoms. The van der Waals surface area contributed by atoms with Gasteiger partial charge >= 0.3 is 11.9 Å². The number of esters is 1. The summed E-state index contributed by atoms with van der Waals surface area (Å²) < 4.78 is 4.92. The number of hydrogen-bond donors (Lipinski definition) is 2. The topological polar surface area (TPSA) is 92.9 Å². The molecule has 6 heteroatoms. The standard InChI is InChI=1S/C13H18N2O4/c1-4-19-13(18)8(2)15(3)11-6-5-9(14)7-10(11)12(16)17/h5-8H,4,14H2,1-3H3,(H,16,17). The van der Waals surface area contributed by atoms with Crippen LogP contribution in [0.25, 0.3) is 0 Å². The number of carboxylic acids is 1.